The third-order valence-electron chi connectivity index (χ3n) is 5.10. The second-order valence-corrected chi connectivity index (χ2v) is 6.34. The van der Waals surface area contributed by atoms with Gasteiger partial charge in [0.1, 0.15) is 0 Å². The lowest BCUT2D eigenvalue weighted by molar-refractivity contribution is 0.0124. The predicted molar refractivity (Wildman–Crippen MR) is 76.6 cm³/mol. The van der Waals surface area contributed by atoms with Crippen LogP contribution in [0, 0.1) is 23.2 Å². The van der Waals surface area contributed by atoms with Crippen LogP contribution < -0.4 is 0 Å². The SMILES string of the molecule is CCCC1CCC(C#N)C(N2CCCCC2CO)C1. The summed E-state index contributed by atoms with van der Waals surface area (Å²) in [7, 11) is 0. The molecule has 2 aliphatic rings. The first-order chi connectivity index (χ1) is 9.30. The molecule has 0 aromatic rings. The van der Waals surface area contributed by atoms with Crippen LogP contribution >= 0.6 is 0 Å². The maximum atomic E-state index is 9.60. The quantitative estimate of drug-likeness (QED) is 0.849. The van der Waals surface area contributed by atoms with Crippen molar-refractivity contribution in [1.82, 2.24) is 4.90 Å². The summed E-state index contributed by atoms with van der Waals surface area (Å²) in [4.78, 5) is 2.47. The van der Waals surface area contributed by atoms with Crippen LogP contribution in [0.4, 0.5) is 0 Å². The highest BCUT2D eigenvalue weighted by molar-refractivity contribution is 4.99. The first kappa shape index (κ1) is 14.8. The Morgan fingerprint density at radius 3 is 2.79 bits per heavy atom. The average molecular weight is 264 g/mol. The first-order valence-corrected chi connectivity index (χ1v) is 8.06. The largest absolute Gasteiger partial charge is 0.395 e. The smallest absolute Gasteiger partial charge is 0.0672 e. The van der Waals surface area contributed by atoms with E-state index in [0.717, 1.165) is 25.3 Å². The van der Waals surface area contributed by atoms with Crippen molar-refractivity contribution in [2.45, 2.75) is 70.4 Å². The van der Waals surface area contributed by atoms with E-state index < -0.39 is 0 Å². The molecular weight excluding hydrogens is 236 g/mol. The van der Waals surface area contributed by atoms with Crippen molar-refractivity contribution in [2.75, 3.05) is 13.2 Å². The number of hydrogen-bond donors (Lipinski definition) is 1. The summed E-state index contributed by atoms with van der Waals surface area (Å²) in [6.07, 6.45) is 9.55. The molecule has 4 atom stereocenters. The van der Waals surface area contributed by atoms with Crippen molar-refractivity contribution >= 4 is 0 Å². The van der Waals surface area contributed by atoms with E-state index in [2.05, 4.69) is 17.9 Å². The zero-order valence-corrected chi connectivity index (χ0v) is 12.2. The molecule has 1 aliphatic heterocycles. The molecule has 1 aliphatic carbocycles. The van der Waals surface area contributed by atoms with E-state index in [1.165, 1.54) is 38.5 Å². The molecule has 4 unspecified atom stereocenters. The van der Waals surface area contributed by atoms with Gasteiger partial charge in [-0.2, -0.15) is 5.26 Å². The van der Waals surface area contributed by atoms with Gasteiger partial charge in [-0.3, -0.25) is 4.90 Å². The van der Waals surface area contributed by atoms with Gasteiger partial charge in [-0.25, -0.2) is 0 Å². The summed E-state index contributed by atoms with van der Waals surface area (Å²) >= 11 is 0. The van der Waals surface area contributed by atoms with Gasteiger partial charge in [0.05, 0.1) is 18.6 Å². The molecule has 0 aromatic carbocycles. The zero-order chi connectivity index (χ0) is 13.7. The number of hydrogen-bond acceptors (Lipinski definition) is 3. The maximum absolute atomic E-state index is 9.60. The molecule has 3 heteroatoms. The van der Waals surface area contributed by atoms with E-state index in [0.29, 0.717) is 12.1 Å². The number of aliphatic hydroxyl groups is 1. The fourth-order valence-electron chi connectivity index (χ4n) is 4.07. The summed E-state index contributed by atoms with van der Waals surface area (Å²) in [6.45, 7) is 3.59. The second-order valence-electron chi connectivity index (χ2n) is 6.34. The molecule has 0 amide bonds. The Morgan fingerprint density at radius 2 is 2.11 bits per heavy atom. The standard InChI is InChI=1S/C16H28N2O/c1-2-5-13-7-8-14(11-17)16(10-13)18-9-4-3-6-15(18)12-19/h13-16,19H,2-10,12H2,1H3. The Hall–Kier alpha value is -0.590. The van der Waals surface area contributed by atoms with Gasteiger partial charge >= 0.3 is 0 Å². The third kappa shape index (κ3) is 3.49. The summed E-state index contributed by atoms with van der Waals surface area (Å²) in [5, 5.41) is 19.0. The normalized spacial score (nSPS) is 36.9. The van der Waals surface area contributed by atoms with Gasteiger partial charge in [0.25, 0.3) is 0 Å². The first-order valence-electron chi connectivity index (χ1n) is 8.06. The van der Waals surface area contributed by atoms with Gasteiger partial charge in [0.15, 0.2) is 0 Å². The minimum absolute atomic E-state index is 0.181. The van der Waals surface area contributed by atoms with E-state index in [9.17, 15) is 10.4 Å². The van der Waals surface area contributed by atoms with Crippen molar-refractivity contribution in [3.05, 3.63) is 0 Å². The van der Waals surface area contributed by atoms with Crippen molar-refractivity contribution in [3.8, 4) is 6.07 Å². The lowest BCUT2D eigenvalue weighted by atomic mass is 9.75. The molecule has 0 bridgehead atoms. The Bertz CT molecular complexity index is 312. The molecule has 108 valence electrons. The monoisotopic (exact) mass is 264 g/mol. The second kappa shape index (κ2) is 7.26. The molecule has 1 saturated carbocycles. The molecule has 1 heterocycles. The molecule has 1 N–H and O–H groups in total. The van der Waals surface area contributed by atoms with Gasteiger partial charge in [0, 0.05) is 12.1 Å². The van der Waals surface area contributed by atoms with E-state index in [-0.39, 0.29) is 12.5 Å². The maximum Gasteiger partial charge on any atom is 0.0672 e. The molecule has 0 aromatic heterocycles. The number of rotatable bonds is 4. The van der Waals surface area contributed by atoms with Gasteiger partial charge in [0.2, 0.25) is 0 Å². The van der Waals surface area contributed by atoms with Crippen molar-refractivity contribution < 1.29 is 5.11 Å². The molecule has 2 rings (SSSR count). The number of nitrogens with zero attached hydrogens (tertiary/aromatic N) is 2. The summed E-state index contributed by atoms with van der Waals surface area (Å²) in [6, 6.07) is 3.23. The lowest BCUT2D eigenvalue weighted by Gasteiger charge is -2.45. The lowest BCUT2D eigenvalue weighted by Crippen LogP contribution is -2.52. The van der Waals surface area contributed by atoms with Crippen molar-refractivity contribution in [2.24, 2.45) is 11.8 Å². The molecule has 2 fully saturated rings. The van der Waals surface area contributed by atoms with Crippen LogP contribution in [0.3, 0.4) is 0 Å². The minimum atomic E-state index is 0.181. The molecular formula is C16H28N2O. The van der Waals surface area contributed by atoms with Crippen LogP contribution in [0.1, 0.15) is 58.3 Å². The van der Waals surface area contributed by atoms with Gasteiger partial charge in [-0.05, 0) is 44.6 Å². The Morgan fingerprint density at radius 1 is 1.26 bits per heavy atom. The fraction of sp³-hybridized carbons (Fsp3) is 0.938. The van der Waals surface area contributed by atoms with Crippen LogP contribution in [0.5, 0.6) is 0 Å². The highest BCUT2D eigenvalue weighted by Crippen LogP contribution is 2.36. The Labute approximate surface area is 117 Å². The van der Waals surface area contributed by atoms with Gasteiger partial charge in [-0.15, -0.1) is 0 Å². The highest BCUT2D eigenvalue weighted by Gasteiger charge is 2.37. The van der Waals surface area contributed by atoms with Crippen LogP contribution in [-0.4, -0.2) is 35.2 Å². The minimum Gasteiger partial charge on any atom is -0.395 e. The van der Waals surface area contributed by atoms with E-state index >= 15 is 0 Å². The molecule has 19 heavy (non-hydrogen) atoms. The number of nitriles is 1. The van der Waals surface area contributed by atoms with Crippen LogP contribution in [0.25, 0.3) is 0 Å². The zero-order valence-electron chi connectivity index (χ0n) is 12.2. The molecule has 0 radical (unpaired) electrons. The fourth-order valence-corrected chi connectivity index (χ4v) is 4.07. The molecule has 3 nitrogen and oxygen atoms in total. The van der Waals surface area contributed by atoms with Crippen LogP contribution in [-0.2, 0) is 0 Å². The Kier molecular flexibility index (Phi) is 5.66. The molecule has 1 saturated heterocycles. The van der Waals surface area contributed by atoms with E-state index in [4.69, 9.17) is 0 Å². The molecule has 0 spiro atoms. The number of aliphatic hydroxyl groups excluding tert-OH is 1. The number of piperidine rings is 1. The van der Waals surface area contributed by atoms with Gasteiger partial charge in [-0.1, -0.05) is 26.2 Å². The van der Waals surface area contributed by atoms with Crippen molar-refractivity contribution in [3.63, 3.8) is 0 Å². The summed E-state index contributed by atoms with van der Waals surface area (Å²) < 4.78 is 0. The third-order valence-corrected chi connectivity index (χ3v) is 5.10. The average Bonchev–Trinajstić information content (AvgIpc) is 2.47. The highest BCUT2D eigenvalue weighted by atomic mass is 16.3. The Balaban J connectivity index is 2.06. The predicted octanol–water partition coefficient (Wildman–Crippen LogP) is 2.94. The summed E-state index contributed by atoms with van der Waals surface area (Å²) in [5.74, 6) is 0.973. The van der Waals surface area contributed by atoms with E-state index in [1.807, 2.05) is 0 Å². The van der Waals surface area contributed by atoms with E-state index in [1.54, 1.807) is 0 Å². The van der Waals surface area contributed by atoms with Crippen LogP contribution in [0.15, 0.2) is 0 Å². The number of likely N-dealkylation sites (tertiary alicyclic amines) is 1. The van der Waals surface area contributed by atoms with Crippen LogP contribution in [0.2, 0.25) is 0 Å². The van der Waals surface area contributed by atoms with Gasteiger partial charge < -0.3 is 5.11 Å². The topological polar surface area (TPSA) is 47.3 Å². The van der Waals surface area contributed by atoms with Crippen molar-refractivity contribution in [1.29, 1.82) is 5.26 Å². The summed E-state index contributed by atoms with van der Waals surface area (Å²) in [5.41, 5.74) is 0.